The Balaban J connectivity index is 1.45. The molecule has 2 bridgehead atoms. The second-order valence-electron chi connectivity index (χ2n) is 9.68. The highest BCUT2D eigenvalue weighted by atomic mass is 19.4. The fourth-order valence-corrected chi connectivity index (χ4v) is 5.49. The molecule has 0 spiro atoms. The molecule has 1 heterocycles. The SMILES string of the molecule is CC1(CNc2nc(NCc3ccccc3C(F)(F)F)ncc2C#N)C[C@H]2CCC[C@@H](C1)[C@@H]2N. The maximum Gasteiger partial charge on any atom is 0.416 e. The van der Waals surface area contributed by atoms with E-state index in [0.29, 0.717) is 29.8 Å². The number of benzene rings is 1. The van der Waals surface area contributed by atoms with E-state index in [1.807, 2.05) is 0 Å². The van der Waals surface area contributed by atoms with E-state index in [1.54, 1.807) is 6.07 Å². The summed E-state index contributed by atoms with van der Waals surface area (Å²) in [6.45, 7) is 2.81. The van der Waals surface area contributed by atoms with Crippen LogP contribution >= 0.6 is 0 Å². The van der Waals surface area contributed by atoms with Gasteiger partial charge in [-0.05, 0) is 54.6 Å². The lowest BCUT2D eigenvalue weighted by Crippen LogP contribution is -2.50. The minimum atomic E-state index is -4.44. The van der Waals surface area contributed by atoms with Gasteiger partial charge in [0.25, 0.3) is 0 Å². The van der Waals surface area contributed by atoms with Crippen LogP contribution in [0.15, 0.2) is 30.5 Å². The van der Waals surface area contributed by atoms with E-state index in [0.717, 1.165) is 31.7 Å². The average molecular weight is 459 g/mol. The molecule has 33 heavy (non-hydrogen) atoms. The zero-order valence-corrected chi connectivity index (χ0v) is 18.6. The Morgan fingerprint density at radius 3 is 2.55 bits per heavy atom. The van der Waals surface area contributed by atoms with Gasteiger partial charge in [0.15, 0.2) is 0 Å². The molecule has 0 amide bonds. The number of nitriles is 1. The van der Waals surface area contributed by atoms with Crippen LogP contribution in [0.25, 0.3) is 0 Å². The van der Waals surface area contributed by atoms with Crippen molar-refractivity contribution >= 4 is 11.8 Å². The van der Waals surface area contributed by atoms with E-state index in [2.05, 4.69) is 33.6 Å². The second-order valence-corrected chi connectivity index (χ2v) is 9.68. The summed E-state index contributed by atoms with van der Waals surface area (Å²) in [5.74, 6) is 1.61. The first-order valence-electron chi connectivity index (χ1n) is 11.3. The molecular weight excluding hydrogens is 429 g/mol. The quantitative estimate of drug-likeness (QED) is 0.567. The first kappa shape index (κ1) is 23.3. The number of rotatable bonds is 6. The molecule has 6 nitrogen and oxygen atoms in total. The van der Waals surface area contributed by atoms with Crippen molar-refractivity contribution in [3.63, 3.8) is 0 Å². The maximum atomic E-state index is 13.2. The van der Waals surface area contributed by atoms with Crippen molar-refractivity contribution in [3.8, 4) is 6.07 Å². The number of nitrogens with zero attached hydrogens (tertiary/aromatic N) is 3. The Morgan fingerprint density at radius 1 is 1.18 bits per heavy atom. The van der Waals surface area contributed by atoms with Crippen LogP contribution in [0.1, 0.15) is 55.7 Å². The van der Waals surface area contributed by atoms with Crippen molar-refractivity contribution in [2.24, 2.45) is 23.0 Å². The Bertz CT molecular complexity index is 1020. The number of hydrogen-bond acceptors (Lipinski definition) is 6. The van der Waals surface area contributed by atoms with E-state index in [1.165, 1.54) is 24.8 Å². The molecule has 0 saturated heterocycles. The highest BCUT2D eigenvalue weighted by molar-refractivity contribution is 5.53. The van der Waals surface area contributed by atoms with Gasteiger partial charge in [0.1, 0.15) is 17.5 Å². The summed E-state index contributed by atoms with van der Waals surface area (Å²) in [5, 5.41) is 15.7. The average Bonchev–Trinajstić information content (AvgIpc) is 2.77. The Morgan fingerprint density at radius 2 is 1.88 bits per heavy atom. The molecule has 4 N–H and O–H groups in total. The van der Waals surface area contributed by atoms with E-state index in [4.69, 9.17) is 5.73 Å². The highest BCUT2D eigenvalue weighted by Gasteiger charge is 2.43. The van der Waals surface area contributed by atoms with Crippen LogP contribution in [0.5, 0.6) is 0 Å². The number of hydrogen-bond donors (Lipinski definition) is 3. The molecule has 2 aliphatic rings. The molecule has 0 radical (unpaired) electrons. The number of anilines is 2. The standard InChI is InChI=1S/C24H29F3N6/c1-23(9-15-6-4-7-16(10-23)20(15)29)14-32-21-18(11-28)13-31-22(33-21)30-12-17-5-2-3-8-19(17)24(25,26)27/h2-3,5,8,13,15-16,20H,4,6-7,9-10,12,14,29H2,1H3,(H2,30,31,32,33)/t15-,16+,20-,23?. The van der Waals surface area contributed by atoms with Crippen molar-refractivity contribution in [1.82, 2.24) is 9.97 Å². The van der Waals surface area contributed by atoms with Crippen LogP contribution in [0.4, 0.5) is 24.9 Å². The molecule has 4 atom stereocenters. The Hall–Kier alpha value is -2.86. The molecule has 2 fully saturated rings. The van der Waals surface area contributed by atoms with Crippen LogP contribution in [0.3, 0.4) is 0 Å². The molecular formula is C24H29F3N6. The summed E-state index contributed by atoms with van der Waals surface area (Å²) in [7, 11) is 0. The van der Waals surface area contributed by atoms with Crippen LogP contribution in [0.2, 0.25) is 0 Å². The number of alkyl halides is 3. The zero-order chi connectivity index (χ0) is 23.6. The monoisotopic (exact) mass is 458 g/mol. The van der Waals surface area contributed by atoms with E-state index in [-0.39, 0.29) is 29.5 Å². The third kappa shape index (κ3) is 5.22. The molecule has 1 aromatic heterocycles. The lowest BCUT2D eigenvalue weighted by molar-refractivity contribution is -0.138. The van der Waals surface area contributed by atoms with Gasteiger partial charge in [-0.15, -0.1) is 0 Å². The van der Waals surface area contributed by atoms with Crippen molar-refractivity contribution < 1.29 is 13.2 Å². The number of fused-ring (bicyclic) bond motifs is 2. The summed E-state index contributed by atoms with van der Waals surface area (Å²) in [6, 6.07) is 7.76. The minimum absolute atomic E-state index is 0.0442. The molecule has 4 rings (SSSR count). The van der Waals surface area contributed by atoms with Crippen LogP contribution in [0, 0.1) is 28.6 Å². The van der Waals surface area contributed by atoms with Crippen molar-refractivity contribution in [3.05, 3.63) is 47.2 Å². The van der Waals surface area contributed by atoms with Crippen LogP contribution in [-0.4, -0.2) is 22.6 Å². The Labute approximate surface area is 191 Å². The topological polar surface area (TPSA) is 99.6 Å². The van der Waals surface area contributed by atoms with Crippen molar-refractivity contribution in [2.45, 2.75) is 57.8 Å². The molecule has 9 heteroatoms. The molecule has 0 aliphatic heterocycles. The summed E-state index contributed by atoms with van der Waals surface area (Å²) < 4.78 is 39.7. The number of aromatic nitrogens is 2. The molecule has 2 aliphatic carbocycles. The maximum absolute atomic E-state index is 13.2. The van der Waals surface area contributed by atoms with Crippen molar-refractivity contribution in [1.29, 1.82) is 5.26 Å². The van der Waals surface area contributed by atoms with E-state index < -0.39 is 11.7 Å². The highest BCUT2D eigenvalue weighted by Crippen LogP contribution is 2.48. The zero-order valence-electron chi connectivity index (χ0n) is 18.6. The van der Waals surface area contributed by atoms with Gasteiger partial charge < -0.3 is 16.4 Å². The van der Waals surface area contributed by atoms with Gasteiger partial charge in [-0.1, -0.05) is 31.5 Å². The third-order valence-electron chi connectivity index (χ3n) is 7.10. The largest absolute Gasteiger partial charge is 0.416 e. The Kier molecular flexibility index (Phi) is 6.48. The lowest BCUT2D eigenvalue weighted by Gasteiger charge is -2.49. The number of nitrogens with two attached hydrogens (primary N) is 1. The van der Waals surface area contributed by atoms with Crippen molar-refractivity contribution in [2.75, 3.05) is 17.2 Å². The molecule has 2 saturated carbocycles. The van der Waals surface area contributed by atoms with E-state index >= 15 is 0 Å². The second kappa shape index (κ2) is 9.18. The predicted molar refractivity (Wildman–Crippen MR) is 120 cm³/mol. The smallest absolute Gasteiger partial charge is 0.368 e. The van der Waals surface area contributed by atoms with Gasteiger partial charge >= 0.3 is 6.18 Å². The van der Waals surface area contributed by atoms with Crippen LogP contribution in [-0.2, 0) is 12.7 Å². The predicted octanol–water partition coefficient (Wildman–Crippen LogP) is 4.93. The van der Waals surface area contributed by atoms with Gasteiger partial charge in [-0.25, -0.2) is 4.98 Å². The summed E-state index contributed by atoms with van der Waals surface area (Å²) in [5.41, 5.74) is 6.18. The summed E-state index contributed by atoms with van der Waals surface area (Å²) in [6.07, 6.45) is 2.58. The molecule has 1 unspecified atom stereocenters. The van der Waals surface area contributed by atoms with Gasteiger partial charge in [0, 0.05) is 19.1 Å². The van der Waals surface area contributed by atoms with Gasteiger partial charge in [-0.2, -0.15) is 23.4 Å². The molecule has 176 valence electrons. The fourth-order valence-electron chi connectivity index (χ4n) is 5.49. The normalized spacial score (nSPS) is 27.0. The fraction of sp³-hybridized carbons (Fsp3) is 0.542. The number of halogens is 3. The molecule has 1 aromatic carbocycles. The van der Waals surface area contributed by atoms with E-state index in [9.17, 15) is 18.4 Å². The summed E-state index contributed by atoms with van der Waals surface area (Å²) in [4.78, 5) is 8.49. The van der Waals surface area contributed by atoms with Gasteiger partial charge in [0.2, 0.25) is 5.95 Å². The van der Waals surface area contributed by atoms with Gasteiger partial charge in [0.05, 0.1) is 11.8 Å². The number of nitrogens with one attached hydrogen (secondary N) is 2. The first-order chi connectivity index (χ1) is 15.7. The third-order valence-corrected chi connectivity index (χ3v) is 7.10. The summed E-state index contributed by atoms with van der Waals surface area (Å²) >= 11 is 0. The lowest BCUT2D eigenvalue weighted by atomic mass is 9.59. The first-order valence-corrected chi connectivity index (χ1v) is 11.3. The molecule has 2 aromatic rings. The van der Waals surface area contributed by atoms with Crippen LogP contribution < -0.4 is 16.4 Å². The minimum Gasteiger partial charge on any atom is -0.368 e. The van der Waals surface area contributed by atoms with Gasteiger partial charge in [-0.3, -0.25) is 0 Å².